The SMILES string of the molecule is O=S(=O)([O-])c1ccc(NNc2c(O)ccc3cc(S(=O)(=O)[O-])ccc23)cc1.[Na+].[Na+]. The predicted molar refractivity (Wildman–Crippen MR) is 95.2 cm³/mol. The quantitative estimate of drug-likeness (QED) is 0.150. The van der Waals surface area contributed by atoms with E-state index in [9.17, 15) is 31.0 Å². The summed E-state index contributed by atoms with van der Waals surface area (Å²) < 4.78 is 66.2. The monoisotopic (exact) mass is 454 g/mol. The van der Waals surface area contributed by atoms with Crippen LogP contribution in [-0.4, -0.2) is 31.0 Å². The van der Waals surface area contributed by atoms with Crippen molar-refractivity contribution in [3.05, 3.63) is 54.6 Å². The zero-order valence-corrected chi connectivity index (χ0v) is 21.0. The number of hydrogen-bond acceptors (Lipinski definition) is 9. The van der Waals surface area contributed by atoms with E-state index in [0.29, 0.717) is 16.5 Å². The summed E-state index contributed by atoms with van der Waals surface area (Å²) in [6.45, 7) is 0. The number of hydrogen-bond donors (Lipinski definition) is 3. The minimum atomic E-state index is -4.61. The maximum Gasteiger partial charge on any atom is 1.00 e. The second-order valence-electron chi connectivity index (χ2n) is 5.53. The molecule has 0 heterocycles. The maximum absolute atomic E-state index is 11.1. The molecule has 3 N–H and O–H groups in total. The Morgan fingerprint density at radius 3 is 1.83 bits per heavy atom. The predicted octanol–water partition coefficient (Wildman–Crippen LogP) is -4.20. The van der Waals surface area contributed by atoms with Gasteiger partial charge in [0.15, 0.2) is 0 Å². The maximum atomic E-state index is 11.1. The molecule has 0 amide bonds. The molecule has 0 aliphatic rings. The van der Waals surface area contributed by atoms with Gasteiger partial charge in [-0.2, -0.15) is 0 Å². The first kappa shape index (κ1) is 26.2. The Balaban J connectivity index is 0.00000210. The summed E-state index contributed by atoms with van der Waals surface area (Å²) in [6, 6.07) is 11.4. The average Bonchev–Trinajstić information content (AvgIpc) is 2.59. The van der Waals surface area contributed by atoms with Crippen LogP contribution < -0.4 is 70.0 Å². The zero-order valence-electron chi connectivity index (χ0n) is 15.4. The Morgan fingerprint density at radius 2 is 1.28 bits per heavy atom. The van der Waals surface area contributed by atoms with Crippen molar-refractivity contribution < 1.29 is 90.2 Å². The fraction of sp³-hybridized carbons (Fsp3) is 0. The molecule has 3 aromatic rings. The van der Waals surface area contributed by atoms with Gasteiger partial charge < -0.3 is 19.6 Å². The van der Waals surface area contributed by atoms with Crippen LogP contribution in [0.3, 0.4) is 0 Å². The summed E-state index contributed by atoms with van der Waals surface area (Å²) in [7, 11) is -9.16. The Labute approximate surface area is 211 Å². The Kier molecular flexibility index (Phi) is 8.99. The molecule has 9 nitrogen and oxygen atoms in total. The van der Waals surface area contributed by atoms with Gasteiger partial charge in [-0.3, -0.25) is 5.43 Å². The summed E-state index contributed by atoms with van der Waals surface area (Å²) in [5.41, 5.74) is 6.08. The molecule has 3 rings (SSSR count). The number of phenols is 1. The van der Waals surface area contributed by atoms with Crippen molar-refractivity contribution in [1.82, 2.24) is 0 Å². The second kappa shape index (κ2) is 9.96. The summed E-state index contributed by atoms with van der Waals surface area (Å²) in [4.78, 5) is -0.776. The van der Waals surface area contributed by atoms with Crippen LogP contribution in [0.1, 0.15) is 0 Å². The summed E-state index contributed by atoms with van der Waals surface area (Å²) >= 11 is 0. The van der Waals surface area contributed by atoms with Crippen LogP contribution >= 0.6 is 0 Å². The normalized spacial score (nSPS) is 11.2. The van der Waals surface area contributed by atoms with Crippen molar-refractivity contribution in [1.29, 1.82) is 0 Å². The van der Waals surface area contributed by atoms with Crippen LogP contribution in [0.5, 0.6) is 5.75 Å². The van der Waals surface area contributed by atoms with Crippen LogP contribution in [0.25, 0.3) is 10.8 Å². The minimum Gasteiger partial charge on any atom is -0.744 e. The molecule has 0 bridgehead atoms. The molecule has 0 fully saturated rings. The van der Waals surface area contributed by atoms with E-state index in [0.717, 1.165) is 18.2 Å². The molecule has 0 aliphatic heterocycles. The van der Waals surface area contributed by atoms with Crippen LogP contribution in [-0.2, 0) is 20.2 Å². The number of nitrogens with one attached hydrogen (secondary N) is 2. The Bertz CT molecular complexity index is 1230. The molecular formula is C16H12N2Na2O7S2. The fourth-order valence-electron chi connectivity index (χ4n) is 2.42. The van der Waals surface area contributed by atoms with Gasteiger partial charge in [-0.25, -0.2) is 16.8 Å². The van der Waals surface area contributed by atoms with Crippen molar-refractivity contribution in [2.45, 2.75) is 9.79 Å². The van der Waals surface area contributed by atoms with Gasteiger partial charge in [0.1, 0.15) is 31.7 Å². The number of hydrazine groups is 1. The number of phenolic OH excluding ortho intramolecular Hbond substituents is 1. The molecule has 29 heavy (non-hydrogen) atoms. The topological polar surface area (TPSA) is 159 Å². The molecule has 0 aliphatic carbocycles. The Hall–Kier alpha value is -0.860. The summed E-state index contributed by atoms with van der Waals surface area (Å²) in [5.74, 6) is -0.147. The molecule has 0 saturated carbocycles. The first-order valence-corrected chi connectivity index (χ1v) is 10.2. The molecule has 0 atom stereocenters. The van der Waals surface area contributed by atoms with E-state index >= 15 is 0 Å². The van der Waals surface area contributed by atoms with Crippen LogP contribution in [0.15, 0.2) is 64.4 Å². The standard InChI is InChI=1S/C16H14N2O7S2.2Na/c19-15-8-1-10-9-13(27(23,24)25)6-7-14(10)16(15)18-17-11-2-4-12(5-3-11)26(20,21)22;;/h1-9,17-19H,(H,20,21,22)(H,23,24,25);;/q;2*+1/p-2. The molecule has 0 aromatic heterocycles. The fourth-order valence-corrected chi connectivity index (χ4v) is 3.40. The van der Waals surface area contributed by atoms with E-state index in [1.807, 2.05) is 0 Å². The third-order valence-electron chi connectivity index (χ3n) is 3.73. The molecular weight excluding hydrogens is 442 g/mol. The van der Waals surface area contributed by atoms with Crippen molar-refractivity contribution >= 4 is 42.4 Å². The van der Waals surface area contributed by atoms with Gasteiger partial charge in [-0.15, -0.1) is 0 Å². The summed E-state index contributed by atoms with van der Waals surface area (Å²) in [6.07, 6.45) is 0. The van der Waals surface area contributed by atoms with E-state index in [2.05, 4.69) is 10.9 Å². The molecule has 0 saturated heterocycles. The van der Waals surface area contributed by atoms with Crippen LogP contribution in [0.4, 0.5) is 11.4 Å². The third-order valence-corrected chi connectivity index (χ3v) is 5.41. The number of aromatic hydroxyl groups is 1. The van der Waals surface area contributed by atoms with Gasteiger partial charge >= 0.3 is 59.1 Å². The number of benzene rings is 3. The van der Waals surface area contributed by atoms with Crippen LogP contribution in [0, 0.1) is 0 Å². The Morgan fingerprint density at radius 1 is 0.724 bits per heavy atom. The smallest absolute Gasteiger partial charge is 0.744 e. The van der Waals surface area contributed by atoms with Gasteiger partial charge in [0.2, 0.25) is 0 Å². The van der Waals surface area contributed by atoms with Crippen molar-refractivity contribution in [3.63, 3.8) is 0 Å². The van der Waals surface area contributed by atoms with Gasteiger partial charge in [0.25, 0.3) is 0 Å². The van der Waals surface area contributed by atoms with Crippen LogP contribution in [0.2, 0.25) is 0 Å². The molecule has 0 radical (unpaired) electrons. The zero-order chi connectivity index (χ0) is 19.8. The average molecular weight is 454 g/mol. The van der Waals surface area contributed by atoms with Crippen molar-refractivity contribution in [2.75, 3.05) is 10.9 Å². The first-order chi connectivity index (χ1) is 12.6. The van der Waals surface area contributed by atoms with Crippen molar-refractivity contribution in [2.24, 2.45) is 0 Å². The van der Waals surface area contributed by atoms with Crippen molar-refractivity contribution in [3.8, 4) is 5.75 Å². The van der Waals surface area contributed by atoms with Gasteiger partial charge in [-0.05, 0) is 47.9 Å². The molecule has 0 spiro atoms. The minimum absolute atomic E-state index is 0. The molecule has 142 valence electrons. The largest absolute Gasteiger partial charge is 1.00 e. The van der Waals surface area contributed by atoms with E-state index in [-0.39, 0.29) is 75.4 Å². The first-order valence-electron chi connectivity index (χ1n) is 7.35. The van der Waals surface area contributed by atoms with E-state index in [1.54, 1.807) is 0 Å². The van der Waals surface area contributed by atoms with E-state index in [4.69, 9.17) is 0 Å². The molecule has 0 unspecified atom stereocenters. The van der Waals surface area contributed by atoms with E-state index in [1.165, 1.54) is 36.4 Å². The van der Waals surface area contributed by atoms with Gasteiger partial charge in [0, 0.05) is 5.39 Å². The van der Waals surface area contributed by atoms with Gasteiger partial charge in [0.05, 0.1) is 15.5 Å². The number of rotatable bonds is 5. The second-order valence-corrected chi connectivity index (χ2v) is 8.28. The number of anilines is 2. The van der Waals surface area contributed by atoms with Gasteiger partial charge in [-0.1, -0.05) is 12.1 Å². The molecule has 13 heteroatoms. The molecule has 3 aromatic carbocycles. The summed E-state index contributed by atoms with van der Waals surface area (Å²) in [5, 5.41) is 10.9. The van der Waals surface area contributed by atoms with E-state index < -0.39 is 25.1 Å². The third kappa shape index (κ3) is 6.31. The number of fused-ring (bicyclic) bond motifs is 1.